The van der Waals surface area contributed by atoms with Crippen LogP contribution in [0, 0.1) is 6.92 Å². The summed E-state index contributed by atoms with van der Waals surface area (Å²) in [7, 11) is 1.89. The maximum atomic E-state index is 13.1. The molecule has 12 heteroatoms. The Morgan fingerprint density at radius 2 is 1.89 bits per heavy atom. The van der Waals surface area contributed by atoms with E-state index in [0.717, 1.165) is 5.56 Å². The molecule has 2 heterocycles. The molecule has 206 valence electrons. The fourth-order valence-electron chi connectivity index (χ4n) is 5.95. The maximum absolute atomic E-state index is 13.1. The molecule has 1 aromatic rings. The fourth-order valence-corrected chi connectivity index (χ4v) is 5.95. The third kappa shape index (κ3) is 4.37. The molecule has 3 aliphatic rings. The zero-order chi connectivity index (χ0) is 28.0. The number of piperidine rings is 1. The molecule has 0 bridgehead atoms. The quantitative estimate of drug-likeness (QED) is 0.352. The van der Waals surface area contributed by atoms with Gasteiger partial charge in [0.2, 0.25) is 6.10 Å². The molecule has 1 spiro atoms. The highest BCUT2D eigenvalue weighted by Gasteiger charge is 2.69. The number of phenolic OH excluding ortho intramolecular Hbond substituents is 1. The fraction of sp³-hybridized carbons (Fsp3) is 0.538. The summed E-state index contributed by atoms with van der Waals surface area (Å²) in [5.74, 6) is -4.88. The highest BCUT2D eigenvalue weighted by atomic mass is 16.6. The van der Waals surface area contributed by atoms with Crippen LogP contribution in [0.4, 0.5) is 0 Å². The predicted molar refractivity (Wildman–Crippen MR) is 128 cm³/mol. The number of hydrogen-bond donors (Lipinski definition) is 4. The van der Waals surface area contributed by atoms with Gasteiger partial charge in [-0.25, -0.2) is 4.79 Å². The van der Waals surface area contributed by atoms with Gasteiger partial charge in [0.1, 0.15) is 5.76 Å². The van der Waals surface area contributed by atoms with Crippen LogP contribution in [0.2, 0.25) is 0 Å². The summed E-state index contributed by atoms with van der Waals surface area (Å²) < 4.78 is 16.7. The van der Waals surface area contributed by atoms with E-state index in [9.17, 15) is 34.5 Å². The first kappa shape index (κ1) is 27.4. The van der Waals surface area contributed by atoms with Crippen LogP contribution in [0.5, 0.6) is 11.5 Å². The van der Waals surface area contributed by atoms with Crippen LogP contribution >= 0.6 is 0 Å². The minimum absolute atomic E-state index is 0.00315. The lowest BCUT2D eigenvalue weighted by molar-refractivity contribution is -0.175. The Hall–Kier alpha value is -3.64. The van der Waals surface area contributed by atoms with Crippen LogP contribution in [0.25, 0.3) is 0 Å². The Balaban J connectivity index is 1.69. The van der Waals surface area contributed by atoms with Crippen molar-refractivity contribution >= 4 is 23.9 Å². The number of carbonyl (C=O) groups excluding carboxylic acids is 2. The zero-order valence-electron chi connectivity index (χ0n) is 21.3. The van der Waals surface area contributed by atoms with E-state index in [1.807, 2.05) is 25.8 Å². The molecular formula is C26H31NO11. The molecule has 2 aliphatic heterocycles. The van der Waals surface area contributed by atoms with Gasteiger partial charge in [0.25, 0.3) is 0 Å². The number of aromatic hydroxyl groups is 1. The molecule has 1 saturated heterocycles. The Bertz CT molecular complexity index is 1210. The van der Waals surface area contributed by atoms with E-state index in [4.69, 9.17) is 19.3 Å². The molecule has 5 atom stereocenters. The molecule has 1 aliphatic carbocycles. The highest BCUT2D eigenvalue weighted by Crippen LogP contribution is 2.62. The third-order valence-electron chi connectivity index (χ3n) is 7.99. The van der Waals surface area contributed by atoms with Crippen LogP contribution in [0.15, 0.2) is 24.0 Å². The molecule has 38 heavy (non-hydrogen) atoms. The summed E-state index contributed by atoms with van der Waals surface area (Å²) in [5, 5.41) is 40.8. The van der Waals surface area contributed by atoms with E-state index in [1.54, 1.807) is 6.07 Å². The van der Waals surface area contributed by atoms with Crippen LogP contribution < -0.4 is 4.74 Å². The van der Waals surface area contributed by atoms with Gasteiger partial charge in [-0.2, -0.15) is 0 Å². The number of likely N-dealkylation sites (N-methyl/N-ethyl adjacent to an activating group) is 1. The average molecular weight is 534 g/mol. The second-order valence-electron chi connectivity index (χ2n) is 10.1. The molecule has 0 radical (unpaired) electrons. The van der Waals surface area contributed by atoms with Gasteiger partial charge in [0.05, 0.1) is 30.3 Å². The number of nitrogens with zero attached hydrogens (tertiary/aromatic N) is 1. The van der Waals surface area contributed by atoms with Crippen molar-refractivity contribution in [3.05, 3.63) is 35.1 Å². The van der Waals surface area contributed by atoms with E-state index < -0.39 is 66.4 Å². The number of aryl methyl sites for hydroxylation is 1. The summed E-state index contributed by atoms with van der Waals surface area (Å²) in [5.41, 5.74) is -1.07. The Kier molecular flexibility index (Phi) is 7.15. The summed E-state index contributed by atoms with van der Waals surface area (Å²) in [6, 6.07) is 2.87. The van der Waals surface area contributed by atoms with Crippen LogP contribution in [0.1, 0.15) is 50.2 Å². The third-order valence-corrected chi connectivity index (χ3v) is 7.99. The van der Waals surface area contributed by atoms with Crippen molar-refractivity contribution in [3.63, 3.8) is 0 Å². The molecule has 1 fully saturated rings. The van der Waals surface area contributed by atoms with Gasteiger partial charge in [-0.15, -0.1) is 0 Å². The van der Waals surface area contributed by atoms with Crippen molar-refractivity contribution < 1.29 is 53.8 Å². The lowest BCUT2D eigenvalue weighted by atomic mass is 9.54. The first-order valence-electron chi connectivity index (χ1n) is 12.3. The number of esters is 2. The highest BCUT2D eigenvalue weighted by molar-refractivity contribution is 5.85. The van der Waals surface area contributed by atoms with Crippen molar-refractivity contribution in [2.45, 2.75) is 75.2 Å². The van der Waals surface area contributed by atoms with Gasteiger partial charge in [-0.1, -0.05) is 6.07 Å². The monoisotopic (exact) mass is 533 g/mol. The van der Waals surface area contributed by atoms with Gasteiger partial charge in [-0.3, -0.25) is 14.4 Å². The summed E-state index contributed by atoms with van der Waals surface area (Å²) in [4.78, 5) is 49.2. The number of carboxylic acids is 2. The SMILES string of the molecule is Cc1ccc(O)c2c1C13CCN(C)[C@H](C)[C@]1(O)CC=C(OC(=O)[C@@H](CC(=O)O)OC(=O)CCC(=O)O)C3O2. The number of aliphatic hydroxyl groups is 1. The normalized spacial score (nSPS) is 28.6. The van der Waals surface area contributed by atoms with Crippen molar-refractivity contribution in [3.8, 4) is 11.5 Å². The first-order valence-corrected chi connectivity index (χ1v) is 12.3. The van der Waals surface area contributed by atoms with Gasteiger partial charge < -0.3 is 39.5 Å². The molecule has 12 nitrogen and oxygen atoms in total. The maximum Gasteiger partial charge on any atom is 0.353 e. The largest absolute Gasteiger partial charge is 0.504 e. The molecule has 4 rings (SSSR count). The van der Waals surface area contributed by atoms with E-state index in [2.05, 4.69) is 0 Å². The number of hydrogen-bond acceptors (Lipinski definition) is 10. The van der Waals surface area contributed by atoms with Crippen LogP contribution in [0.3, 0.4) is 0 Å². The lowest BCUT2D eigenvalue weighted by Gasteiger charge is -2.58. The number of benzene rings is 1. The molecule has 4 N–H and O–H groups in total. The first-order chi connectivity index (χ1) is 17.8. The van der Waals surface area contributed by atoms with Gasteiger partial charge in [-0.05, 0) is 51.6 Å². The number of carbonyl (C=O) groups is 4. The molecule has 0 aromatic heterocycles. The minimum atomic E-state index is -1.83. The van der Waals surface area contributed by atoms with Crippen LogP contribution in [-0.4, -0.2) is 86.6 Å². The number of carboxylic acid groups (broad SMARTS) is 2. The standard InChI is InChI=1S/C26H31NO11/c1-13-4-5-15(28)22-21(13)25-10-11-27(3)14(2)26(25,35)9-8-16(23(25)38-22)37-24(34)17(12-19(31)32)36-20(33)7-6-18(29)30/h4-5,8,14,17,23,28,35H,6-7,9-12H2,1-3H3,(H,29,30)(H,31,32)/t14-,17-,23?,25?,26-/m1/s1. The number of likely N-dealkylation sites (tertiary alicyclic amines) is 1. The van der Waals surface area contributed by atoms with Crippen LogP contribution in [-0.2, 0) is 34.1 Å². The Morgan fingerprint density at radius 3 is 2.55 bits per heavy atom. The topological polar surface area (TPSA) is 180 Å². The molecular weight excluding hydrogens is 502 g/mol. The van der Waals surface area contributed by atoms with Crippen molar-refractivity contribution in [2.24, 2.45) is 0 Å². The number of ether oxygens (including phenoxy) is 3. The van der Waals surface area contributed by atoms with Crippen molar-refractivity contribution in [2.75, 3.05) is 13.6 Å². The average Bonchev–Trinajstić information content (AvgIpc) is 3.21. The predicted octanol–water partition coefficient (Wildman–Crippen LogP) is 1.24. The minimum Gasteiger partial charge on any atom is -0.504 e. The van der Waals surface area contributed by atoms with E-state index in [-0.39, 0.29) is 29.7 Å². The zero-order valence-corrected chi connectivity index (χ0v) is 21.3. The number of phenols is 1. The van der Waals surface area contributed by atoms with Crippen molar-refractivity contribution in [1.82, 2.24) is 4.90 Å². The summed E-state index contributed by atoms with van der Waals surface area (Å²) in [6.45, 7) is 4.30. The molecule has 0 saturated carbocycles. The summed E-state index contributed by atoms with van der Waals surface area (Å²) >= 11 is 0. The van der Waals surface area contributed by atoms with Gasteiger partial charge >= 0.3 is 23.9 Å². The Labute approximate surface area is 218 Å². The molecule has 1 aromatic carbocycles. The van der Waals surface area contributed by atoms with E-state index in [0.29, 0.717) is 18.5 Å². The number of aliphatic carboxylic acids is 2. The molecule has 2 unspecified atom stereocenters. The van der Waals surface area contributed by atoms with E-state index >= 15 is 0 Å². The second kappa shape index (κ2) is 9.91. The number of rotatable bonds is 8. The van der Waals surface area contributed by atoms with E-state index in [1.165, 1.54) is 12.1 Å². The van der Waals surface area contributed by atoms with Crippen molar-refractivity contribution in [1.29, 1.82) is 0 Å². The second-order valence-corrected chi connectivity index (χ2v) is 10.1. The number of fused-ring (bicyclic) bond motifs is 1. The molecule has 0 amide bonds. The smallest absolute Gasteiger partial charge is 0.353 e. The van der Waals surface area contributed by atoms with Gasteiger partial charge in [0.15, 0.2) is 17.6 Å². The Morgan fingerprint density at radius 1 is 1.18 bits per heavy atom. The van der Waals surface area contributed by atoms with Gasteiger partial charge in [0, 0.05) is 18.0 Å². The lowest BCUT2D eigenvalue weighted by Crippen LogP contribution is -2.71. The summed E-state index contributed by atoms with van der Waals surface area (Å²) in [6.07, 6.45) is -2.89.